The van der Waals surface area contributed by atoms with E-state index < -0.39 is 5.97 Å². The Hall–Kier alpha value is -5.52. The number of ether oxygens (including phenoxy) is 1. The summed E-state index contributed by atoms with van der Waals surface area (Å²) in [6.07, 6.45) is 3.04. The number of phenolic OH excluding ortho intramolecular Hbond substituents is 3. The second-order valence-electron chi connectivity index (χ2n) is 10.4. The molecular weight excluding hydrogens is 566 g/mol. The molecule has 0 atom stereocenters. The molecule has 0 aliphatic rings. The summed E-state index contributed by atoms with van der Waals surface area (Å²) in [6, 6.07) is 11.4. The summed E-state index contributed by atoms with van der Waals surface area (Å²) in [5.41, 5.74) is 2.02. The largest absolute Gasteiger partial charge is 0.508 e. The van der Waals surface area contributed by atoms with E-state index in [1.54, 1.807) is 19.1 Å². The number of aromatic nitrogens is 2. The quantitative estimate of drug-likeness (QED) is 0.0718. The van der Waals surface area contributed by atoms with Gasteiger partial charge in [0.05, 0.1) is 28.8 Å². The second kappa shape index (κ2) is 14.1. The number of fused-ring (bicyclic) bond motifs is 1. The Bertz CT molecular complexity index is 1810. The number of hydrogen-bond donors (Lipinski definition) is 5. The maximum Gasteiger partial charge on any atom is 0.311 e. The molecule has 0 bridgehead atoms. The predicted molar refractivity (Wildman–Crippen MR) is 167 cm³/mol. The van der Waals surface area contributed by atoms with Gasteiger partial charge >= 0.3 is 5.97 Å². The first-order chi connectivity index (χ1) is 21.0. The first-order valence-corrected chi connectivity index (χ1v) is 14.0. The van der Waals surface area contributed by atoms with Gasteiger partial charge in [-0.25, -0.2) is 4.98 Å². The van der Waals surface area contributed by atoms with Gasteiger partial charge in [0.25, 0.3) is 5.56 Å². The average molecular weight is 600 g/mol. The summed E-state index contributed by atoms with van der Waals surface area (Å²) in [5, 5.41) is 33.1. The molecule has 4 aromatic rings. The first kappa shape index (κ1) is 31.4. The summed E-state index contributed by atoms with van der Waals surface area (Å²) >= 11 is 0. The van der Waals surface area contributed by atoms with Crippen LogP contribution >= 0.6 is 0 Å². The molecule has 44 heavy (non-hydrogen) atoms. The third-order valence-electron chi connectivity index (χ3n) is 6.32. The van der Waals surface area contributed by atoms with E-state index in [-0.39, 0.29) is 70.0 Å². The average Bonchev–Trinajstić information content (AvgIpc) is 2.97. The van der Waals surface area contributed by atoms with Crippen LogP contribution in [0.2, 0.25) is 0 Å². The number of esters is 1. The highest BCUT2D eigenvalue weighted by atomic mass is 16.5. The van der Waals surface area contributed by atoms with Crippen LogP contribution in [-0.2, 0) is 16.0 Å². The fourth-order valence-corrected chi connectivity index (χ4v) is 4.19. The molecule has 0 aliphatic heterocycles. The highest BCUT2D eigenvalue weighted by Crippen LogP contribution is 2.33. The third-order valence-corrected chi connectivity index (χ3v) is 6.32. The molecule has 12 heteroatoms. The molecule has 3 aromatic carbocycles. The van der Waals surface area contributed by atoms with Crippen molar-refractivity contribution in [3.05, 3.63) is 75.7 Å². The minimum atomic E-state index is -0.612. The maximum absolute atomic E-state index is 12.7. The van der Waals surface area contributed by atoms with Gasteiger partial charge in [0.15, 0.2) is 0 Å². The van der Waals surface area contributed by atoms with Crippen LogP contribution < -0.4 is 15.6 Å². The molecule has 0 radical (unpaired) electrons. The molecule has 0 spiro atoms. The number of hydrogen-bond acceptors (Lipinski definition) is 10. The minimum Gasteiger partial charge on any atom is -0.508 e. The van der Waals surface area contributed by atoms with Crippen molar-refractivity contribution in [2.75, 3.05) is 6.54 Å². The van der Waals surface area contributed by atoms with E-state index in [9.17, 15) is 29.7 Å². The third kappa shape index (κ3) is 8.28. The summed E-state index contributed by atoms with van der Waals surface area (Å²) in [6.45, 7) is 6.21. The van der Waals surface area contributed by atoms with Gasteiger partial charge in [0.1, 0.15) is 28.7 Å². The van der Waals surface area contributed by atoms with E-state index >= 15 is 0 Å². The fraction of sp³-hybridized carbons (Fsp3) is 0.250. The standard InChI is InChI=1S/C32H33N5O7/c1-4-33-30(41)9-10-31(42)44-22-6-8-29(40)20(13-22)17-35-24-15-26-25(36-27(11-18(2)3)32(43)37-26)14-23(24)34-16-19-12-21(38)5-7-28(19)39/h5-8,12-18,38-40H,4,9-11H2,1-3H3,(H,33,41)(H,37,43). The molecule has 12 nitrogen and oxygen atoms in total. The van der Waals surface area contributed by atoms with E-state index in [0.717, 1.165) is 0 Å². The zero-order valence-electron chi connectivity index (χ0n) is 24.5. The molecule has 0 saturated carbocycles. The fourth-order valence-electron chi connectivity index (χ4n) is 4.19. The number of nitrogens with zero attached hydrogens (tertiary/aromatic N) is 3. The second-order valence-corrected chi connectivity index (χ2v) is 10.4. The van der Waals surface area contributed by atoms with Gasteiger partial charge in [-0.1, -0.05) is 13.8 Å². The Labute approximate surface area is 252 Å². The highest BCUT2D eigenvalue weighted by Gasteiger charge is 2.13. The van der Waals surface area contributed by atoms with E-state index in [2.05, 4.69) is 25.3 Å². The van der Waals surface area contributed by atoms with Gasteiger partial charge in [0.2, 0.25) is 5.91 Å². The zero-order valence-corrected chi connectivity index (χ0v) is 24.5. The number of rotatable bonds is 11. The van der Waals surface area contributed by atoms with Gasteiger partial charge < -0.3 is 30.4 Å². The zero-order chi connectivity index (χ0) is 31.8. The van der Waals surface area contributed by atoms with E-state index in [1.807, 2.05) is 13.8 Å². The van der Waals surface area contributed by atoms with Crippen molar-refractivity contribution in [3.63, 3.8) is 0 Å². The van der Waals surface area contributed by atoms with Gasteiger partial charge in [0, 0.05) is 36.5 Å². The number of nitrogens with one attached hydrogen (secondary N) is 2. The lowest BCUT2D eigenvalue weighted by Gasteiger charge is -2.08. The molecule has 1 aromatic heterocycles. The van der Waals surface area contributed by atoms with Crippen LogP contribution in [0, 0.1) is 5.92 Å². The van der Waals surface area contributed by atoms with Crippen LogP contribution in [0.5, 0.6) is 23.0 Å². The van der Waals surface area contributed by atoms with Crippen molar-refractivity contribution < 1.29 is 29.6 Å². The topological polar surface area (TPSA) is 187 Å². The maximum atomic E-state index is 12.7. The SMILES string of the molecule is CCNC(=O)CCC(=O)Oc1ccc(O)c(C=Nc2cc3[nH]c(=O)c(CC(C)C)nc3cc2N=Cc2cc(O)ccc2O)c1. The number of amides is 1. The molecule has 0 saturated heterocycles. The van der Waals surface area contributed by atoms with Crippen LogP contribution in [-0.4, -0.2) is 56.1 Å². The molecule has 5 N–H and O–H groups in total. The van der Waals surface area contributed by atoms with E-state index in [4.69, 9.17) is 4.74 Å². The Balaban J connectivity index is 1.69. The van der Waals surface area contributed by atoms with Crippen molar-refractivity contribution >= 4 is 46.7 Å². The molecule has 0 unspecified atom stereocenters. The molecule has 1 heterocycles. The van der Waals surface area contributed by atoms with Crippen molar-refractivity contribution in [1.29, 1.82) is 0 Å². The molecule has 1 amide bonds. The lowest BCUT2D eigenvalue weighted by atomic mass is 10.1. The first-order valence-electron chi connectivity index (χ1n) is 14.0. The number of carbonyl (C=O) groups excluding carboxylic acids is 2. The Kier molecular flexibility index (Phi) is 10.1. The van der Waals surface area contributed by atoms with Crippen molar-refractivity contribution in [1.82, 2.24) is 15.3 Å². The summed E-state index contributed by atoms with van der Waals surface area (Å²) in [7, 11) is 0. The number of H-pyrrole nitrogens is 1. The molecule has 0 aliphatic carbocycles. The van der Waals surface area contributed by atoms with Crippen LogP contribution in [0.3, 0.4) is 0 Å². The van der Waals surface area contributed by atoms with Crippen LogP contribution in [0.15, 0.2) is 63.3 Å². The monoisotopic (exact) mass is 599 g/mol. The van der Waals surface area contributed by atoms with Crippen LogP contribution in [0.25, 0.3) is 11.0 Å². The number of carbonyl (C=O) groups is 2. The Morgan fingerprint density at radius 2 is 1.61 bits per heavy atom. The number of phenols is 3. The van der Waals surface area contributed by atoms with E-state index in [1.165, 1.54) is 48.8 Å². The highest BCUT2D eigenvalue weighted by molar-refractivity contribution is 5.93. The number of aromatic amines is 1. The lowest BCUT2D eigenvalue weighted by molar-refractivity contribution is -0.136. The lowest BCUT2D eigenvalue weighted by Crippen LogP contribution is -2.23. The van der Waals surface area contributed by atoms with Gasteiger partial charge in [-0.05, 0) is 67.8 Å². The van der Waals surface area contributed by atoms with Crippen LogP contribution in [0.4, 0.5) is 11.4 Å². The van der Waals surface area contributed by atoms with E-state index in [0.29, 0.717) is 35.4 Å². The Morgan fingerprint density at radius 3 is 2.30 bits per heavy atom. The van der Waals surface area contributed by atoms with Gasteiger partial charge in [-0.15, -0.1) is 0 Å². The number of benzene rings is 3. The summed E-state index contributed by atoms with van der Waals surface area (Å²) in [4.78, 5) is 52.9. The van der Waals surface area contributed by atoms with Crippen molar-refractivity contribution in [2.45, 2.75) is 40.0 Å². The van der Waals surface area contributed by atoms with Gasteiger partial charge in [-0.3, -0.25) is 24.4 Å². The smallest absolute Gasteiger partial charge is 0.311 e. The number of aliphatic imine (C=N–C) groups is 2. The normalized spacial score (nSPS) is 11.5. The molecule has 0 fully saturated rings. The summed E-state index contributed by atoms with van der Waals surface area (Å²) in [5.74, 6) is -0.810. The molecule has 228 valence electrons. The molecule has 4 rings (SSSR count). The predicted octanol–water partition coefficient (Wildman–Crippen LogP) is 4.56. The summed E-state index contributed by atoms with van der Waals surface area (Å²) < 4.78 is 5.32. The molecular formula is C32H33N5O7. The van der Waals surface area contributed by atoms with Crippen LogP contribution in [0.1, 0.15) is 50.4 Å². The van der Waals surface area contributed by atoms with Gasteiger partial charge in [-0.2, -0.15) is 0 Å². The Morgan fingerprint density at radius 1 is 0.955 bits per heavy atom. The van der Waals surface area contributed by atoms with Crippen molar-refractivity contribution in [3.8, 4) is 23.0 Å². The number of aromatic hydroxyl groups is 3. The van der Waals surface area contributed by atoms with Crippen molar-refractivity contribution in [2.24, 2.45) is 15.9 Å². The minimum absolute atomic E-state index is 0.0133.